The number of carbonyl (C=O) groups is 3. The minimum Gasteiger partial charge on any atom is -0.486 e. The van der Waals surface area contributed by atoms with Crippen molar-refractivity contribution in [2.75, 3.05) is 25.1 Å². The van der Waals surface area contributed by atoms with E-state index < -0.39 is 17.5 Å². The summed E-state index contributed by atoms with van der Waals surface area (Å²) in [4.78, 5) is 38.0. The zero-order valence-electron chi connectivity index (χ0n) is 15.1. The van der Waals surface area contributed by atoms with E-state index in [2.05, 4.69) is 10.6 Å². The normalized spacial score (nSPS) is 21.8. The summed E-state index contributed by atoms with van der Waals surface area (Å²) in [6.07, 6.45) is 0.512. The number of rotatable bonds is 5. The second-order valence-corrected chi connectivity index (χ2v) is 7.16. The van der Waals surface area contributed by atoms with Crippen molar-refractivity contribution in [2.24, 2.45) is 5.92 Å². The van der Waals surface area contributed by atoms with Gasteiger partial charge in [-0.1, -0.05) is 13.8 Å². The zero-order chi connectivity index (χ0) is 18.9. The summed E-state index contributed by atoms with van der Waals surface area (Å²) in [5.74, 6) is 0.560. The second-order valence-electron chi connectivity index (χ2n) is 7.16. The van der Waals surface area contributed by atoms with E-state index in [1.165, 1.54) is 0 Å². The van der Waals surface area contributed by atoms with Crippen LogP contribution < -0.4 is 20.1 Å². The minimum absolute atomic E-state index is 0.232. The Morgan fingerprint density at radius 2 is 1.96 bits per heavy atom. The Balaban J connectivity index is 1.65. The molecule has 0 saturated carbocycles. The van der Waals surface area contributed by atoms with Crippen LogP contribution in [0, 0.1) is 5.92 Å². The summed E-state index contributed by atoms with van der Waals surface area (Å²) >= 11 is 0. The number of ether oxygens (including phenoxy) is 2. The molecule has 1 aromatic rings. The maximum atomic E-state index is 12.6. The van der Waals surface area contributed by atoms with E-state index in [1.54, 1.807) is 25.1 Å². The van der Waals surface area contributed by atoms with Crippen molar-refractivity contribution in [3.63, 3.8) is 0 Å². The summed E-state index contributed by atoms with van der Waals surface area (Å²) in [7, 11) is 0. The Hall–Kier alpha value is -2.77. The average molecular weight is 361 g/mol. The number of fused-ring (bicyclic) bond motifs is 1. The van der Waals surface area contributed by atoms with Crippen LogP contribution in [0.4, 0.5) is 10.5 Å². The van der Waals surface area contributed by atoms with Crippen molar-refractivity contribution in [1.29, 1.82) is 0 Å². The van der Waals surface area contributed by atoms with Gasteiger partial charge in [-0.15, -0.1) is 0 Å². The van der Waals surface area contributed by atoms with Gasteiger partial charge in [0.2, 0.25) is 5.91 Å². The number of nitrogens with zero attached hydrogens (tertiary/aromatic N) is 1. The first-order chi connectivity index (χ1) is 12.3. The fourth-order valence-electron chi connectivity index (χ4n) is 3.31. The van der Waals surface area contributed by atoms with Crippen LogP contribution in [0.15, 0.2) is 18.2 Å². The first-order valence-electron chi connectivity index (χ1n) is 8.62. The first-order valence-corrected chi connectivity index (χ1v) is 8.62. The Morgan fingerprint density at radius 3 is 2.65 bits per heavy atom. The molecule has 8 heteroatoms. The standard InChI is InChI=1S/C18H23N3O5/c1-11(2)9-18(3)16(23)21(17(24)20-18)10-15(22)19-12-4-5-13-14(8-12)26-7-6-25-13/h4-5,8,11H,6-7,9-10H2,1-3H3,(H,19,22)(H,20,24). The average Bonchev–Trinajstić information content (AvgIpc) is 2.77. The summed E-state index contributed by atoms with van der Waals surface area (Å²) in [6, 6.07) is 4.49. The van der Waals surface area contributed by atoms with Gasteiger partial charge in [-0.05, 0) is 31.4 Å². The van der Waals surface area contributed by atoms with Crippen molar-refractivity contribution in [2.45, 2.75) is 32.7 Å². The number of imide groups is 1. The lowest BCUT2D eigenvalue weighted by Crippen LogP contribution is -2.45. The molecule has 0 spiro atoms. The number of urea groups is 1. The van der Waals surface area contributed by atoms with Gasteiger partial charge >= 0.3 is 6.03 Å². The molecule has 2 N–H and O–H groups in total. The van der Waals surface area contributed by atoms with Crippen LogP contribution in [0.5, 0.6) is 11.5 Å². The van der Waals surface area contributed by atoms with Crippen LogP contribution in [0.3, 0.4) is 0 Å². The largest absolute Gasteiger partial charge is 0.486 e. The summed E-state index contributed by atoms with van der Waals surface area (Å²) < 4.78 is 10.9. The predicted molar refractivity (Wildman–Crippen MR) is 94.2 cm³/mol. The summed E-state index contributed by atoms with van der Waals surface area (Å²) in [5.41, 5.74) is -0.459. The highest BCUT2D eigenvalue weighted by molar-refractivity contribution is 6.09. The minimum atomic E-state index is -0.970. The number of benzene rings is 1. The Labute approximate surface area is 151 Å². The SMILES string of the molecule is CC(C)CC1(C)NC(=O)N(CC(=O)Nc2ccc3c(c2)OCCO3)C1=O. The second kappa shape index (κ2) is 6.86. The fraction of sp³-hybridized carbons (Fsp3) is 0.500. The number of carbonyl (C=O) groups excluding carboxylic acids is 3. The third-order valence-corrected chi connectivity index (χ3v) is 4.29. The molecule has 3 rings (SSSR count). The van der Waals surface area contributed by atoms with Crippen LogP contribution in [-0.2, 0) is 9.59 Å². The smallest absolute Gasteiger partial charge is 0.325 e. The molecule has 26 heavy (non-hydrogen) atoms. The van der Waals surface area contributed by atoms with E-state index in [4.69, 9.17) is 9.47 Å². The van der Waals surface area contributed by atoms with Crippen molar-refractivity contribution in [1.82, 2.24) is 10.2 Å². The molecule has 0 aromatic heterocycles. The molecule has 2 aliphatic rings. The van der Waals surface area contributed by atoms with Crippen LogP contribution in [0.25, 0.3) is 0 Å². The highest BCUT2D eigenvalue weighted by atomic mass is 16.6. The number of hydrogen-bond donors (Lipinski definition) is 2. The number of anilines is 1. The van der Waals surface area contributed by atoms with Gasteiger partial charge in [0.1, 0.15) is 25.3 Å². The molecule has 8 nitrogen and oxygen atoms in total. The molecule has 1 atom stereocenters. The molecule has 1 saturated heterocycles. The number of hydrogen-bond acceptors (Lipinski definition) is 5. The molecule has 2 aliphatic heterocycles. The lowest BCUT2D eigenvalue weighted by atomic mass is 9.91. The highest BCUT2D eigenvalue weighted by Gasteiger charge is 2.48. The van der Waals surface area contributed by atoms with Crippen LogP contribution in [-0.4, -0.2) is 48.0 Å². The van der Waals surface area contributed by atoms with E-state index in [0.717, 1.165) is 4.90 Å². The fourth-order valence-corrected chi connectivity index (χ4v) is 3.31. The highest BCUT2D eigenvalue weighted by Crippen LogP contribution is 2.32. The molecule has 4 amide bonds. The van der Waals surface area contributed by atoms with E-state index >= 15 is 0 Å². The maximum Gasteiger partial charge on any atom is 0.325 e. The molecule has 1 unspecified atom stereocenters. The third kappa shape index (κ3) is 3.58. The first kappa shape index (κ1) is 18.0. The van der Waals surface area contributed by atoms with Gasteiger partial charge in [0.25, 0.3) is 5.91 Å². The van der Waals surface area contributed by atoms with Gasteiger partial charge in [0.15, 0.2) is 11.5 Å². The Kier molecular flexibility index (Phi) is 4.76. The van der Waals surface area contributed by atoms with Gasteiger partial charge in [-0.3, -0.25) is 14.5 Å². The third-order valence-electron chi connectivity index (χ3n) is 4.29. The topological polar surface area (TPSA) is 97.0 Å². The van der Waals surface area contributed by atoms with Gasteiger partial charge in [-0.25, -0.2) is 4.79 Å². The van der Waals surface area contributed by atoms with Crippen LogP contribution >= 0.6 is 0 Å². The van der Waals surface area contributed by atoms with E-state index in [-0.39, 0.29) is 18.4 Å². The predicted octanol–water partition coefficient (Wildman–Crippen LogP) is 1.75. The molecule has 0 radical (unpaired) electrons. The van der Waals surface area contributed by atoms with Crippen molar-refractivity contribution in [3.05, 3.63) is 18.2 Å². The maximum absolute atomic E-state index is 12.6. The Bertz CT molecular complexity index is 748. The zero-order valence-corrected chi connectivity index (χ0v) is 15.1. The summed E-state index contributed by atoms with van der Waals surface area (Å²) in [6.45, 7) is 6.23. The van der Waals surface area contributed by atoms with Gasteiger partial charge in [-0.2, -0.15) is 0 Å². The van der Waals surface area contributed by atoms with Gasteiger partial charge < -0.3 is 20.1 Å². The van der Waals surface area contributed by atoms with Crippen molar-refractivity contribution in [3.8, 4) is 11.5 Å². The number of nitrogens with one attached hydrogen (secondary N) is 2. The quantitative estimate of drug-likeness (QED) is 0.779. The van der Waals surface area contributed by atoms with E-state index in [1.807, 2.05) is 13.8 Å². The molecule has 0 bridgehead atoms. The summed E-state index contributed by atoms with van der Waals surface area (Å²) in [5, 5.41) is 5.37. The molecule has 140 valence electrons. The molecular weight excluding hydrogens is 338 g/mol. The molecular formula is C18H23N3O5. The van der Waals surface area contributed by atoms with Crippen molar-refractivity contribution < 1.29 is 23.9 Å². The van der Waals surface area contributed by atoms with Gasteiger partial charge in [0, 0.05) is 11.8 Å². The van der Waals surface area contributed by atoms with Crippen molar-refractivity contribution >= 4 is 23.5 Å². The van der Waals surface area contributed by atoms with E-state index in [0.29, 0.717) is 36.8 Å². The Morgan fingerprint density at radius 1 is 1.27 bits per heavy atom. The lowest BCUT2D eigenvalue weighted by Gasteiger charge is -2.23. The van der Waals surface area contributed by atoms with Crippen LogP contribution in [0.1, 0.15) is 27.2 Å². The van der Waals surface area contributed by atoms with Crippen LogP contribution in [0.2, 0.25) is 0 Å². The monoisotopic (exact) mass is 361 g/mol. The van der Waals surface area contributed by atoms with Gasteiger partial charge in [0.05, 0.1) is 0 Å². The lowest BCUT2D eigenvalue weighted by molar-refractivity contribution is -0.133. The molecule has 2 heterocycles. The molecule has 1 aromatic carbocycles. The molecule has 1 fully saturated rings. The van der Waals surface area contributed by atoms with E-state index in [9.17, 15) is 14.4 Å². The molecule has 0 aliphatic carbocycles. The number of amides is 4.